The van der Waals surface area contributed by atoms with Gasteiger partial charge < -0.3 is 30.0 Å². The van der Waals surface area contributed by atoms with E-state index in [2.05, 4.69) is 10.6 Å². The molecule has 0 atom stereocenters. The predicted octanol–water partition coefficient (Wildman–Crippen LogP) is 3.98. The summed E-state index contributed by atoms with van der Waals surface area (Å²) in [7, 11) is 1.63. The lowest BCUT2D eigenvalue weighted by atomic mass is 10.1. The minimum atomic E-state index is -0.506. The second-order valence-electron chi connectivity index (χ2n) is 8.70. The third kappa shape index (κ3) is 8.97. The number of methoxy groups -OCH3 is 1. The van der Waals surface area contributed by atoms with Gasteiger partial charge in [-0.25, -0.2) is 0 Å². The molecule has 38 heavy (non-hydrogen) atoms. The molecule has 0 aliphatic rings. The van der Waals surface area contributed by atoms with Gasteiger partial charge in [0.05, 0.1) is 26.4 Å². The quantitative estimate of drug-likeness (QED) is 0.296. The molecule has 0 heterocycles. The first-order valence-electron chi connectivity index (χ1n) is 12.4. The van der Waals surface area contributed by atoms with Gasteiger partial charge in [-0.3, -0.25) is 9.59 Å². The third-order valence-corrected chi connectivity index (χ3v) is 5.39. The van der Waals surface area contributed by atoms with Crippen molar-refractivity contribution in [1.29, 1.82) is 0 Å². The fraction of sp³-hybridized carbons (Fsp3) is 0.267. The zero-order valence-corrected chi connectivity index (χ0v) is 21.9. The number of carbonyl (C=O) groups excluding carboxylic acids is 2. The van der Waals surface area contributed by atoms with E-state index >= 15 is 0 Å². The van der Waals surface area contributed by atoms with E-state index in [-0.39, 0.29) is 25.0 Å². The molecule has 0 unspecified atom stereocenters. The van der Waals surface area contributed by atoms with Crippen molar-refractivity contribution in [2.24, 2.45) is 0 Å². The summed E-state index contributed by atoms with van der Waals surface area (Å²) in [6, 6.07) is 21.7. The molecule has 0 spiro atoms. The van der Waals surface area contributed by atoms with E-state index in [0.717, 1.165) is 17.7 Å². The lowest BCUT2D eigenvalue weighted by Gasteiger charge is -2.12. The van der Waals surface area contributed by atoms with E-state index < -0.39 is 11.8 Å². The van der Waals surface area contributed by atoms with Crippen molar-refractivity contribution in [3.63, 3.8) is 0 Å². The molecule has 8 heteroatoms. The van der Waals surface area contributed by atoms with Crippen LogP contribution in [0.25, 0.3) is 6.08 Å². The molecule has 200 valence electrons. The van der Waals surface area contributed by atoms with Gasteiger partial charge in [0.15, 0.2) is 0 Å². The minimum Gasteiger partial charge on any atom is -0.497 e. The number of benzene rings is 3. The van der Waals surface area contributed by atoms with Crippen molar-refractivity contribution in [3.8, 4) is 17.2 Å². The molecule has 2 amide bonds. The van der Waals surface area contributed by atoms with E-state index in [1.54, 1.807) is 61.7 Å². The van der Waals surface area contributed by atoms with Gasteiger partial charge in [0.25, 0.3) is 11.8 Å². The first-order valence-corrected chi connectivity index (χ1v) is 12.4. The molecule has 0 radical (unpaired) electrons. The second-order valence-corrected chi connectivity index (χ2v) is 8.70. The van der Waals surface area contributed by atoms with Gasteiger partial charge in [0.2, 0.25) is 0 Å². The lowest BCUT2D eigenvalue weighted by molar-refractivity contribution is -0.117. The van der Waals surface area contributed by atoms with Crippen LogP contribution >= 0.6 is 0 Å². The number of hydrogen-bond donors (Lipinski definition) is 3. The maximum absolute atomic E-state index is 12.9. The van der Waals surface area contributed by atoms with Crippen molar-refractivity contribution in [1.82, 2.24) is 10.6 Å². The number of ether oxygens (including phenoxy) is 3. The van der Waals surface area contributed by atoms with Crippen LogP contribution < -0.4 is 24.8 Å². The van der Waals surface area contributed by atoms with Crippen LogP contribution in [-0.4, -0.2) is 49.9 Å². The van der Waals surface area contributed by atoms with Gasteiger partial charge in [-0.05, 0) is 79.6 Å². The molecule has 0 saturated carbocycles. The number of rotatable bonds is 13. The van der Waals surface area contributed by atoms with Gasteiger partial charge in [-0.1, -0.05) is 24.3 Å². The summed E-state index contributed by atoms with van der Waals surface area (Å²) in [6.45, 7) is 4.21. The van der Waals surface area contributed by atoms with Crippen LogP contribution in [-0.2, 0) is 11.2 Å². The molecule has 0 aromatic heterocycles. The number of nitrogens with one attached hydrogen (secondary N) is 2. The van der Waals surface area contributed by atoms with Gasteiger partial charge >= 0.3 is 0 Å². The molecular formula is C30H34N2O6. The Morgan fingerprint density at radius 2 is 1.53 bits per heavy atom. The molecule has 0 fully saturated rings. The van der Waals surface area contributed by atoms with Crippen molar-refractivity contribution < 1.29 is 28.9 Å². The summed E-state index contributed by atoms with van der Waals surface area (Å²) in [6.07, 6.45) is 2.34. The molecule has 3 aromatic carbocycles. The standard InChI is InChI=1S/C30H34N2O6/c1-21(2)38-27-12-6-23(7-13-27)20-28(30(35)31-17-18-33)32-29(34)24-8-14-26(15-9-24)37-19-16-22-4-10-25(36-3)11-5-22/h4-15,20-21,33H,16-19H2,1-3H3,(H,31,35)(H,32,34)/b28-20-. The van der Waals surface area contributed by atoms with E-state index in [0.29, 0.717) is 29.2 Å². The van der Waals surface area contributed by atoms with E-state index in [1.807, 2.05) is 38.1 Å². The van der Waals surface area contributed by atoms with Gasteiger partial charge in [-0.15, -0.1) is 0 Å². The Labute approximate surface area is 223 Å². The highest BCUT2D eigenvalue weighted by atomic mass is 16.5. The highest BCUT2D eigenvalue weighted by Gasteiger charge is 2.15. The van der Waals surface area contributed by atoms with Gasteiger partial charge in [-0.2, -0.15) is 0 Å². The van der Waals surface area contributed by atoms with Crippen molar-refractivity contribution in [2.75, 3.05) is 26.9 Å². The average Bonchev–Trinajstić information content (AvgIpc) is 2.92. The van der Waals surface area contributed by atoms with Crippen LogP contribution in [0.3, 0.4) is 0 Å². The summed E-state index contributed by atoms with van der Waals surface area (Å²) >= 11 is 0. The summed E-state index contributed by atoms with van der Waals surface area (Å²) in [5, 5.41) is 14.3. The number of hydrogen-bond acceptors (Lipinski definition) is 6. The second kappa shape index (κ2) is 14.4. The van der Waals surface area contributed by atoms with Crippen molar-refractivity contribution in [2.45, 2.75) is 26.4 Å². The summed E-state index contributed by atoms with van der Waals surface area (Å²) in [5.41, 5.74) is 2.26. The number of amides is 2. The Balaban J connectivity index is 1.63. The molecule has 0 saturated heterocycles. The maximum atomic E-state index is 12.9. The molecule has 3 N–H and O–H groups in total. The van der Waals surface area contributed by atoms with E-state index in [9.17, 15) is 9.59 Å². The van der Waals surface area contributed by atoms with Crippen LogP contribution in [0.5, 0.6) is 17.2 Å². The fourth-order valence-electron chi connectivity index (χ4n) is 3.48. The molecule has 3 rings (SSSR count). The molecule has 0 aliphatic heterocycles. The summed E-state index contributed by atoms with van der Waals surface area (Å²) in [4.78, 5) is 25.6. The molecule has 0 bridgehead atoms. The van der Waals surface area contributed by atoms with E-state index in [1.165, 1.54) is 0 Å². The van der Waals surface area contributed by atoms with E-state index in [4.69, 9.17) is 19.3 Å². The normalized spacial score (nSPS) is 11.1. The van der Waals surface area contributed by atoms with Gasteiger partial charge in [0.1, 0.15) is 22.9 Å². The smallest absolute Gasteiger partial charge is 0.267 e. The lowest BCUT2D eigenvalue weighted by Crippen LogP contribution is -2.36. The Bertz CT molecular complexity index is 1200. The molecular weight excluding hydrogens is 484 g/mol. The number of aliphatic hydroxyl groups is 1. The maximum Gasteiger partial charge on any atom is 0.267 e. The zero-order valence-electron chi connectivity index (χ0n) is 21.9. The molecule has 3 aromatic rings. The highest BCUT2D eigenvalue weighted by Crippen LogP contribution is 2.17. The van der Waals surface area contributed by atoms with Gasteiger partial charge in [0, 0.05) is 18.5 Å². The van der Waals surface area contributed by atoms with Crippen molar-refractivity contribution in [3.05, 3.63) is 95.2 Å². The van der Waals surface area contributed by atoms with Crippen LogP contribution in [0.4, 0.5) is 0 Å². The average molecular weight is 519 g/mol. The minimum absolute atomic E-state index is 0.0424. The molecule has 0 aliphatic carbocycles. The van der Waals surface area contributed by atoms with Crippen LogP contribution in [0.2, 0.25) is 0 Å². The fourth-order valence-corrected chi connectivity index (χ4v) is 3.48. The Kier molecular flexibility index (Phi) is 10.7. The summed E-state index contributed by atoms with van der Waals surface area (Å²) < 4.78 is 16.6. The first kappa shape index (κ1) is 28.3. The number of aliphatic hydroxyl groups excluding tert-OH is 1. The Morgan fingerprint density at radius 1 is 0.895 bits per heavy atom. The third-order valence-electron chi connectivity index (χ3n) is 5.39. The predicted molar refractivity (Wildman–Crippen MR) is 146 cm³/mol. The Morgan fingerprint density at radius 3 is 2.13 bits per heavy atom. The highest BCUT2D eigenvalue weighted by molar-refractivity contribution is 6.05. The largest absolute Gasteiger partial charge is 0.497 e. The zero-order chi connectivity index (χ0) is 27.3. The van der Waals surface area contributed by atoms with Crippen LogP contribution in [0.15, 0.2) is 78.5 Å². The number of carbonyl (C=O) groups is 2. The van der Waals surface area contributed by atoms with Crippen LogP contribution in [0.1, 0.15) is 35.3 Å². The van der Waals surface area contributed by atoms with Crippen LogP contribution in [0, 0.1) is 0 Å². The molecule has 8 nitrogen and oxygen atoms in total. The SMILES string of the molecule is COc1ccc(CCOc2ccc(C(=O)N/C(=C\c3ccc(OC(C)C)cc3)C(=O)NCCO)cc2)cc1. The first-order chi connectivity index (χ1) is 18.4. The van der Waals surface area contributed by atoms with Crippen molar-refractivity contribution >= 4 is 17.9 Å². The summed E-state index contributed by atoms with van der Waals surface area (Å²) in [5.74, 6) is 1.20. The monoisotopic (exact) mass is 518 g/mol. The Hall–Kier alpha value is -4.30. The topological polar surface area (TPSA) is 106 Å².